The molecule has 0 aliphatic rings. The molecular formula is C19H40FHfN3Si. The minimum absolute atomic E-state index is 0. The van der Waals surface area contributed by atoms with Gasteiger partial charge in [-0.25, -0.2) is 12.1 Å². The summed E-state index contributed by atoms with van der Waals surface area (Å²) in [5.41, 5.74) is 20.0. The molecule has 25 heavy (non-hydrogen) atoms. The second-order valence-electron chi connectivity index (χ2n) is 7.44. The van der Waals surface area contributed by atoms with Gasteiger partial charge in [0.25, 0.3) is 0 Å². The SMILES string of the molecule is CC(C)C[NH-].CC(C)C[NH-].CC(C)C[NH-].C[Si](C)(F)[c-]1cccc1.[Hf+4]. The summed E-state index contributed by atoms with van der Waals surface area (Å²) in [6.07, 6.45) is 0. The zero-order valence-corrected chi connectivity index (χ0v) is 22.1. The van der Waals surface area contributed by atoms with E-state index in [0.29, 0.717) is 37.4 Å². The average Bonchev–Trinajstić information content (AvgIpc) is 3.03. The van der Waals surface area contributed by atoms with Gasteiger partial charge in [0, 0.05) is 0 Å². The average molecular weight is 536 g/mol. The summed E-state index contributed by atoms with van der Waals surface area (Å²) < 4.78 is 13.1. The van der Waals surface area contributed by atoms with Crippen molar-refractivity contribution in [3.8, 4) is 0 Å². The van der Waals surface area contributed by atoms with Crippen LogP contribution >= 0.6 is 0 Å². The van der Waals surface area contributed by atoms with E-state index in [1.54, 1.807) is 13.1 Å². The third-order valence-corrected chi connectivity index (χ3v) is 4.28. The minimum Gasteiger partial charge on any atom is -0.677 e. The van der Waals surface area contributed by atoms with E-state index in [1.807, 2.05) is 65.8 Å². The molecule has 3 nitrogen and oxygen atoms in total. The molecule has 1 aromatic carbocycles. The summed E-state index contributed by atoms with van der Waals surface area (Å²) in [4.78, 5) is 0. The molecule has 0 saturated carbocycles. The molecule has 0 bridgehead atoms. The van der Waals surface area contributed by atoms with Crippen LogP contribution in [0.3, 0.4) is 0 Å². The Morgan fingerprint density at radius 1 is 0.760 bits per heavy atom. The molecule has 0 amide bonds. The van der Waals surface area contributed by atoms with Crippen molar-refractivity contribution in [2.24, 2.45) is 17.8 Å². The minimum atomic E-state index is -2.48. The van der Waals surface area contributed by atoms with E-state index in [9.17, 15) is 4.11 Å². The van der Waals surface area contributed by atoms with E-state index in [-0.39, 0.29) is 25.8 Å². The Morgan fingerprint density at radius 3 is 1.04 bits per heavy atom. The van der Waals surface area contributed by atoms with Crippen LogP contribution in [0.1, 0.15) is 41.5 Å². The van der Waals surface area contributed by atoms with E-state index in [0.717, 1.165) is 5.19 Å². The topological polar surface area (TPSA) is 71.4 Å². The molecule has 0 heterocycles. The maximum Gasteiger partial charge on any atom is 4.00 e. The van der Waals surface area contributed by atoms with Crippen molar-refractivity contribution in [1.29, 1.82) is 0 Å². The Balaban J connectivity index is -0.000000122. The monoisotopic (exact) mass is 537 g/mol. The van der Waals surface area contributed by atoms with Crippen molar-refractivity contribution in [3.05, 3.63) is 41.5 Å². The molecule has 0 saturated heterocycles. The van der Waals surface area contributed by atoms with Crippen molar-refractivity contribution < 1.29 is 30.0 Å². The Labute approximate surface area is 176 Å². The zero-order chi connectivity index (χ0) is 19.8. The zero-order valence-electron chi connectivity index (χ0n) is 17.5. The normalized spacial score (nSPS) is 10.0. The number of hydrogen-bond acceptors (Lipinski definition) is 0. The first kappa shape index (κ1) is 32.9. The van der Waals surface area contributed by atoms with Crippen LogP contribution < -0.4 is 5.19 Å². The van der Waals surface area contributed by atoms with Gasteiger partial charge in [0.05, 0.1) is 0 Å². The van der Waals surface area contributed by atoms with Crippen LogP contribution in [0.2, 0.25) is 13.1 Å². The predicted molar refractivity (Wildman–Crippen MR) is 112 cm³/mol. The molecule has 6 heteroatoms. The van der Waals surface area contributed by atoms with Crippen LogP contribution in [0.5, 0.6) is 0 Å². The van der Waals surface area contributed by atoms with E-state index >= 15 is 0 Å². The molecule has 3 N–H and O–H groups in total. The van der Waals surface area contributed by atoms with Gasteiger partial charge in [-0.3, -0.25) is 0 Å². The smallest absolute Gasteiger partial charge is 0.677 e. The summed E-state index contributed by atoms with van der Waals surface area (Å²) in [6.45, 7) is 17.3. The number of halogens is 1. The number of hydrogen-bond donors (Lipinski definition) is 0. The van der Waals surface area contributed by atoms with Crippen LogP contribution in [0.15, 0.2) is 24.3 Å². The van der Waals surface area contributed by atoms with Crippen molar-refractivity contribution in [3.63, 3.8) is 0 Å². The van der Waals surface area contributed by atoms with Gasteiger partial charge in [0.1, 0.15) is 0 Å². The number of rotatable bonds is 4. The van der Waals surface area contributed by atoms with Crippen molar-refractivity contribution in [1.82, 2.24) is 0 Å². The Kier molecular flexibility index (Phi) is 27.0. The summed E-state index contributed by atoms with van der Waals surface area (Å²) in [6, 6.07) is 7.46. The van der Waals surface area contributed by atoms with Gasteiger partial charge in [-0.05, 0) is 13.1 Å². The quantitative estimate of drug-likeness (QED) is 0.229. The summed E-state index contributed by atoms with van der Waals surface area (Å²) >= 11 is 0. The standard InChI is InChI=1S/C7H10FSi.3C4H10N.Hf/c1-9(2,8)7-5-3-4-6-7;3*1-4(2)3-5;/h3-6H,1-2H3;3*4-5H,3H2,1-2H3;/q4*-1;+4. The summed E-state index contributed by atoms with van der Waals surface area (Å²) in [7, 11) is -2.48. The molecule has 0 aromatic heterocycles. The van der Waals surface area contributed by atoms with Crippen molar-refractivity contribution in [2.45, 2.75) is 54.6 Å². The molecule has 0 radical (unpaired) electrons. The van der Waals surface area contributed by atoms with E-state index < -0.39 is 8.41 Å². The van der Waals surface area contributed by atoms with E-state index in [4.69, 9.17) is 17.2 Å². The Bertz CT molecular complexity index is 318. The molecule has 0 atom stereocenters. The van der Waals surface area contributed by atoms with Crippen molar-refractivity contribution in [2.75, 3.05) is 19.6 Å². The van der Waals surface area contributed by atoms with Crippen LogP contribution in [-0.2, 0) is 25.8 Å². The first-order valence-corrected chi connectivity index (χ1v) is 11.6. The summed E-state index contributed by atoms with van der Waals surface area (Å²) in [5, 5.41) is 0.891. The van der Waals surface area contributed by atoms with Gasteiger partial charge in [0.15, 0.2) is 0 Å². The first-order valence-electron chi connectivity index (χ1n) is 8.77. The largest absolute Gasteiger partial charge is 4.00 e. The van der Waals surface area contributed by atoms with Crippen LogP contribution in [0, 0.1) is 17.8 Å². The van der Waals surface area contributed by atoms with Gasteiger partial charge < -0.3 is 21.3 Å². The fraction of sp³-hybridized carbons (Fsp3) is 0.737. The molecule has 0 spiro atoms. The second kappa shape index (κ2) is 20.6. The maximum absolute atomic E-state index is 13.1. The molecular weight excluding hydrogens is 496 g/mol. The number of nitrogens with one attached hydrogen (secondary N) is 3. The molecule has 0 unspecified atom stereocenters. The van der Waals surface area contributed by atoms with Gasteiger partial charge >= 0.3 is 25.8 Å². The van der Waals surface area contributed by atoms with Gasteiger partial charge in [-0.2, -0.15) is 12.1 Å². The van der Waals surface area contributed by atoms with Crippen molar-refractivity contribution >= 4 is 13.6 Å². The van der Waals surface area contributed by atoms with Gasteiger partial charge in [-0.1, -0.05) is 59.3 Å². The Hall–Kier alpha value is 0.247. The van der Waals surface area contributed by atoms with E-state index in [2.05, 4.69) is 0 Å². The predicted octanol–water partition coefficient (Wildman–Crippen LogP) is 6.87. The second-order valence-corrected chi connectivity index (χ2v) is 11.0. The van der Waals surface area contributed by atoms with Crippen LogP contribution in [-0.4, -0.2) is 28.0 Å². The maximum atomic E-state index is 13.1. The first-order chi connectivity index (χ1) is 10.9. The van der Waals surface area contributed by atoms with E-state index in [1.165, 1.54) is 0 Å². The summed E-state index contributed by atoms with van der Waals surface area (Å²) in [5.74, 6) is 1.65. The molecule has 1 rings (SSSR count). The third-order valence-electron chi connectivity index (χ3n) is 2.57. The molecule has 0 fully saturated rings. The molecule has 146 valence electrons. The van der Waals surface area contributed by atoms with Gasteiger partial charge in [0.2, 0.25) is 8.41 Å². The molecule has 1 aromatic rings. The van der Waals surface area contributed by atoms with Crippen LogP contribution in [0.4, 0.5) is 4.11 Å². The van der Waals surface area contributed by atoms with Crippen LogP contribution in [0.25, 0.3) is 17.2 Å². The fourth-order valence-corrected chi connectivity index (χ4v) is 1.76. The molecule has 0 aliphatic carbocycles. The van der Waals surface area contributed by atoms with Gasteiger partial charge in [-0.15, -0.1) is 24.8 Å². The Morgan fingerprint density at radius 2 is 0.960 bits per heavy atom. The third kappa shape index (κ3) is 32.4. The molecule has 0 aliphatic heterocycles. The fourth-order valence-electron chi connectivity index (χ4n) is 0.770.